The number of carbonyl (C=O) groups excluding carboxylic acids is 2. The van der Waals surface area contributed by atoms with Gasteiger partial charge in [0, 0.05) is 19.4 Å². The summed E-state index contributed by atoms with van der Waals surface area (Å²) >= 11 is 0. The molecule has 0 aromatic rings. The van der Waals surface area contributed by atoms with Crippen LogP contribution < -0.4 is 5.73 Å². The lowest BCUT2D eigenvalue weighted by atomic mass is 10.1. The predicted octanol–water partition coefficient (Wildman–Crippen LogP) is 21.4. The van der Waals surface area contributed by atoms with E-state index in [1.807, 2.05) is 0 Å². The van der Waals surface area contributed by atoms with Gasteiger partial charge in [-0.05, 0) is 135 Å². The largest absolute Gasteiger partial charge is 0.472 e. The third-order valence-electron chi connectivity index (χ3n) is 13.1. The van der Waals surface area contributed by atoms with Crippen LogP contribution in [-0.4, -0.2) is 49.3 Å². The molecule has 10 heteroatoms. The van der Waals surface area contributed by atoms with Crippen molar-refractivity contribution in [2.45, 2.75) is 251 Å². The molecule has 0 rings (SSSR count). The van der Waals surface area contributed by atoms with E-state index in [1.54, 1.807) is 0 Å². The number of hydrogen-bond donors (Lipinski definition) is 2. The van der Waals surface area contributed by atoms with Crippen molar-refractivity contribution in [3.8, 4) is 0 Å². The fraction of sp³-hybridized carbons (Fsp3) is 0.589. The molecule has 0 heterocycles. The maximum atomic E-state index is 12.7. The zero-order valence-electron chi connectivity index (χ0n) is 52.4. The van der Waals surface area contributed by atoms with Gasteiger partial charge in [0.25, 0.3) is 0 Å². The number of esters is 2. The summed E-state index contributed by atoms with van der Waals surface area (Å²) in [7, 11) is -4.42. The predicted molar refractivity (Wildman–Crippen MR) is 357 cm³/mol. The molecule has 0 fully saturated rings. The van der Waals surface area contributed by atoms with Gasteiger partial charge in [0.15, 0.2) is 6.10 Å². The highest BCUT2D eigenvalue weighted by atomic mass is 31.2. The molecule has 0 radical (unpaired) electrons. The Bertz CT molecular complexity index is 1960. The number of unbranched alkanes of at least 4 members (excludes halogenated alkanes) is 18. The van der Waals surface area contributed by atoms with Gasteiger partial charge in [-0.1, -0.05) is 267 Å². The van der Waals surface area contributed by atoms with Gasteiger partial charge in [-0.2, -0.15) is 0 Å². The van der Waals surface area contributed by atoms with E-state index in [-0.39, 0.29) is 32.6 Å². The maximum absolute atomic E-state index is 12.7. The number of carbonyl (C=O) groups is 2. The lowest BCUT2D eigenvalue weighted by Gasteiger charge is -2.19. The van der Waals surface area contributed by atoms with Crippen molar-refractivity contribution < 1.29 is 37.6 Å². The normalized spacial score (nSPS) is 14.1. The zero-order chi connectivity index (χ0) is 60.1. The summed E-state index contributed by atoms with van der Waals surface area (Å²) in [6, 6.07) is 0. The van der Waals surface area contributed by atoms with Crippen LogP contribution >= 0.6 is 7.82 Å². The highest BCUT2D eigenvalue weighted by Crippen LogP contribution is 2.43. The molecule has 0 saturated carbocycles. The summed E-state index contributed by atoms with van der Waals surface area (Å²) in [5.74, 6) is -0.881. The lowest BCUT2D eigenvalue weighted by Crippen LogP contribution is -2.29. The number of hydrogen-bond acceptors (Lipinski definition) is 8. The van der Waals surface area contributed by atoms with Crippen LogP contribution in [0.3, 0.4) is 0 Å². The third-order valence-corrected chi connectivity index (χ3v) is 14.1. The average Bonchev–Trinajstić information content (AvgIpc) is 3.49. The number of nitrogens with two attached hydrogens (primary N) is 1. The molecule has 2 atom stereocenters. The minimum atomic E-state index is -4.42. The Balaban J connectivity index is 4.09. The van der Waals surface area contributed by atoms with Gasteiger partial charge in [-0.3, -0.25) is 18.6 Å². The van der Waals surface area contributed by atoms with Crippen LogP contribution in [0.2, 0.25) is 0 Å². The first-order valence-corrected chi connectivity index (χ1v) is 34.1. The van der Waals surface area contributed by atoms with Crippen molar-refractivity contribution in [2.24, 2.45) is 5.73 Å². The Morgan fingerprint density at radius 2 is 0.663 bits per heavy atom. The van der Waals surface area contributed by atoms with E-state index >= 15 is 0 Å². The standard InChI is InChI=1S/C73H118NO8P/c1-3-5-7-9-11-13-15-17-19-21-23-25-27-29-30-31-32-33-34-35-36-37-38-39-40-42-44-46-48-50-52-54-56-58-60-62-64-66-73(76)82-71(70-81-83(77,78)80-68-67-74)69-79-72(75)65-63-61-59-57-55-53-51-49-47-45-43-41-28-26-24-22-20-18-16-14-12-10-8-6-4-2/h5,7,11,13,16-19,22-25,28-30,32-33,35-36,38-39,41-42,44,48,50,54,56,71H,3-4,6,8-10,12,14-15,20-21,26-27,31,34,37,40,43,45-47,49,51-53,55,57-70,74H2,1-2H3,(H,77,78)/b7-5-,13-11-,18-16-,19-17-,24-22-,25-23-,30-29-,33-32-,36-35-,39-38-,41-28-,44-42-,50-48-,56-54-. The summed E-state index contributed by atoms with van der Waals surface area (Å²) in [6.45, 7) is 3.56. The van der Waals surface area contributed by atoms with Gasteiger partial charge >= 0.3 is 19.8 Å². The van der Waals surface area contributed by atoms with Crippen molar-refractivity contribution in [3.63, 3.8) is 0 Å². The topological polar surface area (TPSA) is 134 Å². The van der Waals surface area contributed by atoms with Crippen LogP contribution in [0.25, 0.3) is 0 Å². The van der Waals surface area contributed by atoms with Crippen molar-refractivity contribution in [1.82, 2.24) is 0 Å². The molecule has 2 unspecified atom stereocenters. The van der Waals surface area contributed by atoms with E-state index < -0.39 is 32.5 Å². The average molecular weight is 1170 g/mol. The number of ether oxygens (including phenoxy) is 2. The molecule has 0 aliphatic carbocycles. The molecule has 0 amide bonds. The van der Waals surface area contributed by atoms with E-state index in [1.165, 1.54) is 77.0 Å². The summed E-state index contributed by atoms with van der Waals surface area (Å²) < 4.78 is 33.1. The molecule has 0 aromatic heterocycles. The smallest absolute Gasteiger partial charge is 0.462 e. The number of phosphoric acid groups is 1. The lowest BCUT2D eigenvalue weighted by molar-refractivity contribution is -0.161. The van der Waals surface area contributed by atoms with Crippen molar-refractivity contribution >= 4 is 19.8 Å². The monoisotopic (exact) mass is 1170 g/mol. The number of rotatable bonds is 59. The third kappa shape index (κ3) is 66.4. The maximum Gasteiger partial charge on any atom is 0.472 e. The Morgan fingerprint density at radius 3 is 1.00 bits per heavy atom. The molecule has 9 nitrogen and oxygen atoms in total. The Hall–Kier alpha value is -4.63. The first-order valence-electron chi connectivity index (χ1n) is 32.6. The van der Waals surface area contributed by atoms with Crippen molar-refractivity contribution in [1.29, 1.82) is 0 Å². The van der Waals surface area contributed by atoms with E-state index in [0.29, 0.717) is 12.8 Å². The fourth-order valence-corrected chi connectivity index (χ4v) is 9.06. The van der Waals surface area contributed by atoms with Gasteiger partial charge in [0.2, 0.25) is 0 Å². The van der Waals surface area contributed by atoms with Crippen LogP contribution in [0.1, 0.15) is 245 Å². The first-order chi connectivity index (χ1) is 40.8. The number of allylic oxidation sites excluding steroid dienone is 28. The molecular weight excluding hydrogens is 1050 g/mol. The second-order valence-electron chi connectivity index (χ2n) is 20.9. The zero-order valence-corrected chi connectivity index (χ0v) is 53.3. The van der Waals surface area contributed by atoms with Gasteiger partial charge in [0.05, 0.1) is 13.2 Å². The molecule has 0 aliphatic heterocycles. The SMILES string of the molecule is CC/C=C\C/C=C\C/C=C\C/C=C\C/C=C\C/C=C\C/C=C\C/C=C\C/C=C\C/C=C\C/C=C\CCCCCC(=O)OC(COC(=O)CCCCCCCCCCCC/C=C\C/C=C\C/C=C\CCCCCCC)COP(=O)(O)OCCN. The van der Waals surface area contributed by atoms with Gasteiger partial charge in [0.1, 0.15) is 6.61 Å². The molecular formula is C73H118NO8P. The summed E-state index contributed by atoms with van der Waals surface area (Å²) in [4.78, 5) is 35.3. The van der Waals surface area contributed by atoms with E-state index in [4.69, 9.17) is 24.3 Å². The second kappa shape index (κ2) is 66.5. The summed E-state index contributed by atoms with van der Waals surface area (Å²) in [5, 5.41) is 0. The van der Waals surface area contributed by atoms with E-state index in [0.717, 1.165) is 128 Å². The number of phosphoric ester groups is 1. The van der Waals surface area contributed by atoms with Crippen LogP contribution in [0.4, 0.5) is 0 Å². The highest BCUT2D eigenvalue weighted by Gasteiger charge is 2.26. The Kier molecular flexibility index (Phi) is 62.8. The van der Waals surface area contributed by atoms with Crippen LogP contribution in [-0.2, 0) is 32.7 Å². The molecule has 0 saturated heterocycles. The van der Waals surface area contributed by atoms with E-state index in [9.17, 15) is 19.0 Å². The Morgan fingerprint density at radius 1 is 0.373 bits per heavy atom. The van der Waals surface area contributed by atoms with Gasteiger partial charge in [-0.15, -0.1) is 0 Å². The molecule has 0 aromatic carbocycles. The van der Waals surface area contributed by atoms with Crippen molar-refractivity contribution in [3.05, 3.63) is 170 Å². The first kappa shape index (κ1) is 78.4. The van der Waals surface area contributed by atoms with Crippen LogP contribution in [0.5, 0.6) is 0 Å². The molecule has 3 N–H and O–H groups in total. The summed E-state index contributed by atoms with van der Waals surface area (Å²) in [6.07, 6.45) is 98.5. The molecule has 0 aliphatic rings. The van der Waals surface area contributed by atoms with Crippen molar-refractivity contribution in [2.75, 3.05) is 26.4 Å². The second-order valence-corrected chi connectivity index (χ2v) is 22.3. The van der Waals surface area contributed by atoms with E-state index in [2.05, 4.69) is 184 Å². The Labute approximate surface area is 508 Å². The van der Waals surface area contributed by atoms with Crippen LogP contribution in [0.15, 0.2) is 170 Å². The molecule has 0 bridgehead atoms. The minimum absolute atomic E-state index is 0.0378. The van der Waals surface area contributed by atoms with Crippen LogP contribution in [0, 0.1) is 0 Å². The fourth-order valence-electron chi connectivity index (χ4n) is 8.29. The van der Waals surface area contributed by atoms with Gasteiger partial charge < -0.3 is 20.1 Å². The minimum Gasteiger partial charge on any atom is -0.462 e. The quantitative estimate of drug-likeness (QED) is 0.0264. The molecule has 0 spiro atoms. The van der Waals surface area contributed by atoms with Gasteiger partial charge in [-0.25, -0.2) is 4.57 Å². The molecule has 83 heavy (non-hydrogen) atoms. The highest BCUT2D eigenvalue weighted by molar-refractivity contribution is 7.47. The molecule has 468 valence electrons. The summed E-state index contributed by atoms with van der Waals surface area (Å²) in [5.41, 5.74) is 5.39.